The predicted octanol–water partition coefficient (Wildman–Crippen LogP) is 3.99. The summed E-state index contributed by atoms with van der Waals surface area (Å²) < 4.78 is 20.1. The van der Waals surface area contributed by atoms with Gasteiger partial charge < -0.3 is 19.6 Å². The number of morpholine rings is 1. The number of carbonyl (C=O) groups excluding carboxylic acids is 1. The molecule has 2 amide bonds. The summed E-state index contributed by atoms with van der Waals surface area (Å²) in [7, 11) is 3.36. The molecule has 0 bridgehead atoms. The van der Waals surface area contributed by atoms with E-state index in [2.05, 4.69) is 14.9 Å². The second-order valence-corrected chi connectivity index (χ2v) is 11.1. The number of hydrogen-bond acceptors (Lipinski definition) is 8. The average Bonchev–Trinajstić information content (AvgIpc) is 3.43. The third-order valence-corrected chi connectivity index (χ3v) is 8.02. The van der Waals surface area contributed by atoms with Crippen LogP contribution in [-0.4, -0.2) is 76.8 Å². The molecule has 4 aromatic rings. The van der Waals surface area contributed by atoms with Gasteiger partial charge in [-0.1, -0.05) is 12.1 Å². The average molecular weight is 567 g/mol. The second-order valence-electron chi connectivity index (χ2n) is 9.97. The van der Waals surface area contributed by atoms with Gasteiger partial charge in [-0.05, 0) is 37.6 Å². The number of amides is 2. The van der Waals surface area contributed by atoms with E-state index < -0.39 is 11.3 Å². The van der Waals surface area contributed by atoms with Gasteiger partial charge in [0.1, 0.15) is 16.5 Å². The van der Waals surface area contributed by atoms with Crippen molar-refractivity contribution < 1.29 is 19.0 Å². The van der Waals surface area contributed by atoms with Crippen LogP contribution in [0.1, 0.15) is 24.3 Å². The van der Waals surface area contributed by atoms with E-state index in [9.17, 15) is 19.1 Å². The van der Waals surface area contributed by atoms with Crippen LogP contribution in [0.25, 0.3) is 16.3 Å². The third-order valence-electron chi connectivity index (χ3n) is 7.02. The molecular formula is C28H31FN6O4S. The molecule has 4 heterocycles. The molecule has 1 saturated heterocycles. The number of benzene rings is 1. The summed E-state index contributed by atoms with van der Waals surface area (Å²) in [4.78, 5) is 42.0. The fourth-order valence-corrected chi connectivity index (χ4v) is 5.39. The molecule has 3 aromatic heterocycles. The SMILES string of the molecule is CC(C)N(C)C(=O)N(C)c1cc(N2CCOCC2)cn2c(=O)c(O)c(-c3ncc(Cc4ccc(F)cc4)s3)nc12. The topological polar surface area (TPSA) is 104 Å². The van der Waals surface area contributed by atoms with E-state index in [1.807, 2.05) is 19.9 Å². The van der Waals surface area contributed by atoms with E-state index in [4.69, 9.17) is 4.74 Å². The number of aromatic hydroxyl groups is 1. The Morgan fingerprint density at radius 2 is 1.90 bits per heavy atom. The zero-order chi connectivity index (χ0) is 28.6. The van der Waals surface area contributed by atoms with Gasteiger partial charge in [0, 0.05) is 56.9 Å². The summed E-state index contributed by atoms with van der Waals surface area (Å²) in [5, 5.41) is 11.4. The highest BCUT2D eigenvalue weighted by molar-refractivity contribution is 7.15. The molecular weight excluding hydrogens is 535 g/mol. The lowest BCUT2D eigenvalue weighted by Gasteiger charge is -2.31. The number of nitrogens with zero attached hydrogens (tertiary/aromatic N) is 6. The number of ether oxygens (including phenoxy) is 1. The molecule has 1 aromatic carbocycles. The number of pyridine rings is 1. The molecule has 12 heteroatoms. The standard InChI is InChI=1S/C28H31FN6O4S/c1-17(2)32(3)28(38)33(4)22-14-20(34-9-11-39-12-10-34)16-35-25(22)31-23(24(36)27(35)37)26-30-15-21(40-26)13-18-5-7-19(29)8-6-18/h5-8,14-17,36H,9-13H2,1-4H3. The van der Waals surface area contributed by atoms with Crippen molar-refractivity contribution in [1.82, 2.24) is 19.3 Å². The van der Waals surface area contributed by atoms with Crippen molar-refractivity contribution in [2.24, 2.45) is 0 Å². The molecule has 1 N–H and O–H groups in total. The number of hydrogen-bond donors (Lipinski definition) is 1. The van der Waals surface area contributed by atoms with Crippen molar-refractivity contribution in [3.8, 4) is 16.5 Å². The Bertz CT molecular complexity index is 1600. The van der Waals surface area contributed by atoms with E-state index in [-0.39, 0.29) is 29.2 Å². The van der Waals surface area contributed by atoms with Crippen LogP contribution in [0.4, 0.5) is 20.6 Å². The van der Waals surface area contributed by atoms with Crippen molar-refractivity contribution in [3.05, 3.63) is 69.3 Å². The largest absolute Gasteiger partial charge is 0.501 e. The van der Waals surface area contributed by atoms with Gasteiger partial charge in [0.15, 0.2) is 5.65 Å². The highest BCUT2D eigenvalue weighted by Gasteiger charge is 2.26. The van der Waals surface area contributed by atoms with Gasteiger partial charge >= 0.3 is 11.6 Å². The van der Waals surface area contributed by atoms with Gasteiger partial charge in [-0.3, -0.25) is 14.1 Å². The molecule has 210 valence electrons. The molecule has 0 atom stereocenters. The predicted molar refractivity (Wildman–Crippen MR) is 153 cm³/mol. The van der Waals surface area contributed by atoms with Crippen molar-refractivity contribution in [3.63, 3.8) is 0 Å². The minimum absolute atomic E-state index is 0.0405. The Labute approximate surface area is 234 Å². The Morgan fingerprint density at radius 1 is 1.20 bits per heavy atom. The minimum atomic E-state index is -0.662. The first-order valence-corrected chi connectivity index (χ1v) is 13.8. The number of aromatic nitrogens is 3. The minimum Gasteiger partial charge on any atom is -0.501 e. The molecule has 0 aliphatic carbocycles. The first-order chi connectivity index (χ1) is 19.1. The van der Waals surface area contributed by atoms with Gasteiger partial charge in [0.2, 0.25) is 5.75 Å². The van der Waals surface area contributed by atoms with Crippen LogP contribution in [0.5, 0.6) is 5.75 Å². The van der Waals surface area contributed by atoms with Gasteiger partial charge in [-0.15, -0.1) is 11.3 Å². The van der Waals surface area contributed by atoms with Gasteiger partial charge in [0.25, 0.3) is 0 Å². The van der Waals surface area contributed by atoms with Crippen LogP contribution in [0.2, 0.25) is 0 Å². The summed E-state index contributed by atoms with van der Waals surface area (Å²) in [6, 6.07) is 7.72. The molecule has 1 aliphatic rings. The molecule has 1 fully saturated rings. The van der Waals surface area contributed by atoms with Crippen LogP contribution >= 0.6 is 11.3 Å². The number of fused-ring (bicyclic) bond motifs is 1. The van der Waals surface area contributed by atoms with Gasteiger partial charge in [0.05, 0.1) is 24.6 Å². The van der Waals surface area contributed by atoms with Crippen molar-refractivity contribution >= 4 is 34.4 Å². The van der Waals surface area contributed by atoms with Crippen molar-refractivity contribution in [1.29, 1.82) is 0 Å². The molecule has 40 heavy (non-hydrogen) atoms. The second kappa shape index (κ2) is 11.2. The normalized spacial score (nSPS) is 13.7. The highest BCUT2D eigenvalue weighted by atomic mass is 32.1. The summed E-state index contributed by atoms with van der Waals surface area (Å²) >= 11 is 1.29. The number of halogens is 1. The zero-order valence-corrected chi connectivity index (χ0v) is 23.6. The lowest BCUT2D eigenvalue weighted by molar-refractivity contribution is 0.122. The Morgan fingerprint density at radius 3 is 2.58 bits per heavy atom. The lowest BCUT2D eigenvalue weighted by atomic mass is 10.1. The van der Waals surface area contributed by atoms with E-state index in [0.717, 1.165) is 10.4 Å². The summed E-state index contributed by atoms with van der Waals surface area (Å²) in [6.07, 6.45) is 3.80. The van der Waals surface area contributed by atoms with E-state index >= 15 is 0 Å². The lowest BCUT2D eigenvalue weighted by Crippen LogP contribution is -2.43. The van der Waals surface area contributed by atoms with Gasteiger partial charge in [-0.25, -0.2) is 19.2 Å². The zero-order valence-electron chi connectivity index (χ0n) is 22.8. The van der Waals surface area contributed by atoms with Crippen LogP contribution in [0, 0.1) is 5.82 Å². The maximum absolute atomic E-state index is 13.5. The fourth-order valence-electron chi connectivity index (χ4n) is 4.45. The van der Waals surface area contributed by atoms with E-state index in [1.54, 1.807) is 43.5 Å². The van der Waals surface area contributed by atoms with E-state index in [0.29, 0.717) is 49.1 Å². The van der Waals surface area contributed by atoms with Crippen LogP contribution < -0.4 is 15.4 Å². The number of thiazole rings is 1. The monoisotopic (exact) mass is 566 g/mol. The maximum Gasteiger partial charge on any atom is 0.324 e. The highest BCUT2D eigenvalue weighted by Crippen LogP contribution is 2.33. The Balaban J connectivity index is 1.62. The smallest absolute Gasteiger partial charge is 0.324 e. The van der Waals surface area contributed by atoms with Crippen LogP contribution in [0.3, 0.4) is 0 Å². The van der Waals surface area contributed by atoms with Crippen LogP contribution in [-0.2, 0) is 11.2 Å². The molecule has 5 rings (SSSR count). The number of rotatable bonds is 6. The molecule has 0 unspecified atom stereocenters. The maximum atomic E-state index is 13.5. The number of carbonyl (C=O) groups is 1. The Kier molecular flexibility index (Phi) is 7.72. The first-order valence-electron chi connectivity index (χ1n) is 13.0. The molecule has 10 nitrogen and oxygen atoms in total. The quantitative estimate of drug-likeness (QED) is 0.377. The molecule has 0 saturated carbocycles. The molecule has 1 aliphatic heterocycles. The molecule has 0 spiro atoms. The molecule has 0 radical (unpaired) electrons. The van der Waals surface area contributed by atoms with Crippen molar-refractivity contribution in [2.75, 3.05) is 50.2 Å². The summed E-state index contributed by atoms with van der Waals surface area (Å²) in [6.45, 7) is 6.16. The Hall–Kier alpha value is -4.03. The summed E-state index contributed by atoms with van der Waals surface area (Å²) in [5.74, 6) is -0.839. The number of urea groups is 1. The number of anilines is 2. The third kappa shape index (κ3) is 5.36. The van der Waals surface area contributed by atoms with E-state index in [1.165, 1.54) is 32.8 Å². The van der Waals surface area contributed by atoms with Crippen molar-refractivity contribution in [2.45, 2.75) is 26.3 Å². The summed E-state index contributed by atoms with van der Waals surface area (Å²) in [5.41, 5.74) is 1.63. The fraction of sp³-hybridized carbons (Fsp3) is 0.357. The van der Waals surface area contributed by atoms with Crippen LogP contribution in [0.15, 0.2) is 47.5 Å². The van der Waals surface area contributed by atoms with Gasteiger partial charge in [-0.2, -0.15) is 0 Å². The first kappa shape index (κ1) is 27.5.